The molecule has 0 bridgehead atoms. The summed E-state index contributed by atoms with van der Waals surface area (Å²) in [5, 5.41) is 9.80. The van der Waals surface area contributed by atoms with Crippen LogP contribution in [0.4, 0.5) is 0 Å². The first-order valence-corrected chi connectivity index (χ1v) is 9.83. The molecule has 0 heterocycles. The third-order valence-electron chi connectivity index (χ3n) is 4.61. The summed E-state index contributed by atoms with van der Waals surface area (Å²) >= 11 is 0. The van der Waals surface area contributed by atoms with Gasteiger partial charge in [-0.2, -0.15) is 8.42 Å². The first kappa shape index (κ1) is 18.3. The molecule has 0 unspecified atom stereocenters. The molecule has 5 heteroatoms. The zero-order valence-corrected chi connectivity index (χ0v) is 15.4. The van der Waals surface area contributed by atoms with E-state index in [1.165, 1.54) is 0 Å². The van der Waals surface area contributed by atoms with Gasteiger partial charge in [-0.25, -0.2) is 0 Å². The second kappa shape index (κ2) is 6.85. The first-order valence-electron chi connectivity index (χ1n) is 8.02. The molecule has 2 rings (SSSR count). The molecule has 0 spiro atoms. The van der Waals surface area contributed by atoms with Crippen LogP contribution in [-0.2, 0) is 15.5 Å². The zero-order valence-electron chi connectivity index (χ0n) is 14.5. The van der Waals surface area contributed by atoms with Gasteiger partial charge in [0.05, 0.1) is 6.26 Å². The lowest BCUT2D eigenvalue weighted by Crippen LogP contribution is -2.26. The molecule has 0 atom stereocenters. The topological polar surface area (TPSA) is 63.6 Å². The Morgan fingerprint density at radius 1 is 1.00 bits per heavy atom. The van der Waals surface area contributed by atoms with E-state index in [-0.39, 0.29) is 11.2 Å². The number of rotatable bonds is 6. The van der Waals surface area contributed by atoms with Crippen LogP contribution < -0.4 is 4.18 Å². The van der Waals surface area contributed by atoms with Crippen LogP contribution in [-0.4, -0.2) is 19.8 Å². The van der Waals surface area contributed by atoms with E-state index in [9.17, 15) is 13.5 Å². The maximum Gasteiger partial charge on any atom is 0.306 e. The van der Waals surface area contributed by atoms with E-state index >= 15 is 0 Å². The van der Waals surface area contributed by atoms with Gasteiger partial charge >= 0.3 is 10.1 Å². The van der Waals surface area contributed by atoms with Crippen LogP contribution in [0.15, 0.2) is 42.5 Å². The summed E-state index contributed by atoms with van der Waals surface area (Å²) in [6, 6.07) is 12.9. The smallest absolute Gasteiger partial charge is 0.306 e. The fraction of sp³-hybridized carbons (Fsp3) is 0.368. The third-order valence-corrected chi connectivity index (χ3v) is 5.11. The summed E-state index contributed by atoms with van der Waals surface area (Å²) in [4.78, 5) is 0. The monoisotopic (exact) mass is 348 g/mol. The van der Waals surface area contributed by atoms with Crippen LogP contribution in [0.25, 0.3) is 0 Å². The predicted molar refractivity (Wildman–Crippen MR) is 96.1 cm³/mol. The molecule has 130 valence electrons. The fourth-order valence-corrected chi connectivity index (χ4v) is 3.65. The average molecular weight is 348 g/mol. The number of aryl methyl sites for hydroxylation is 1. The minimum atomic E-state index is -3.53. The Bertz CT molecular complexity index is 804. The van der Waals surface area contributed by atoms with Crippen molar-refractivity contribution in [1.82, 2.24) is 0 Å². The molecule has 0 fully saturated rings. The molecule has 2 aromatic rings. The van der Waals surface area contributed by atoms with Crippen molar-refractivity contribution in [2.24, 2.45) is 0 Å². The van der Waals surface area contributed by atoms with Crippen molar-refractivity contribution >= 4 is 10.1 Å². The molecule has 0 saturated carbocycles. The van der Waals surface area contributed by atoms with Gasteiger partial charge in [0.1, 0.15) is 11.5 Å². The molecule has 1 N–H and O–H groups in total. The van der Waals surface area contributed by atoms with Crippen molar-refractivity contribution < 1.29 is 17.7 Å². The quantitative estimate of drug-likeness (QED) is 0.797. The molecular formula is C19H24O4S. The summed E-state index contributed by atoms with van der Waals surface area (Å²) in [7, 11) is -3.53. The largest absolute Gasteiger partial charge is 0.508 e. The van der Waals surface area contributed by atoms with Crippen molar-refractivity contribution in [3.8, 4) is 11.5 Å². The zero-order chi connectivity index (χ0) is 18.0. The summed E-state index contributed by atoms with van der Waals surface area (Å²) in [6.45, 7) is 6.15. The Morgan fingerprint density at radius 3 is 2.00 bits per heavy atom. The van der Waals surface area contributed by atoms with E-state index in [0.717, 1.165) is 35.8 Å². The van der Waals surface area contributed by atoms with Gasteiger partial charge in [-0.1, -0.05) is 38.1 Å². The van der Waals surface area contributed by atoms with Gasteiger partial charge in [-0.3, -0.25) is 0 Å². The Hall–Kier alpha value is -2.01. The highest BCUT2D eigenvalue weighted by atomic mass is 32.2. The van der Waals surface area contributed by atoms with Crippen LogP contribution in [0.2, 0.25) is 0 Å². The number of benzene rings is 2. The Labute approximate surface area is 144 Å². The molecule has 2 aromatic carbocycles. The van der Waals surface area contributed by atoms with E-state index in [1.54, 1.807) is 18.2 Å². The molecule has 4 nitrogen and oxygen atoms in total. The molecule has 24 heavy (non-hydrogen) atoms. The van der Waals surface area contributed by atoms with Crippen LogP contribution in [0.1, 0.15) is 43.4 Å². The molecule has 0 aliphatic carbocycles. The second-order valence-electron chi connectivity index (χ2n) is 6.10. The van der Waals surface area contributed by atoms with Gasteiger partial charge in [-0.05, 0) is 54.7 Å². The lowest BCUT2D eigenvalue weighted by molar-refractivity contribution is 0.461. The van der Waals surface area contributed by atoms with Crippen molar-refractivity contribution in [3.63, 3.8) is 0 Å². The van der Waals surface area contributed by atoms with Gasteiger partial charge in [0, 0.05) is 5.41 Å². The van der Waals surface area contributed by atoms with Crippen LogP contribution in [0.5, 0.6) is 11.5 Å². The Kier molecular flexibility index (Phi) is 5.23. The Balaban J connectivity index is 2.48. The van der Waals surface area contributed by atoms with Crippen molar-refractivity contribution in [1.29, 1.82) is 0 Å². The van der Waals surface area contributed by atoms with Gasteiger partial charge in [0.2, 0.25) is 0 Å². The molecule has 0 aliphatic heterocycles. The average Bonchev–Trinajstić information content (AvgIpc) is 2.52. The summed E-state index contributed by atoms with van der Waals surface area (Å²) in [5.41, 5.74) is 2.89. The SMILES string of the molecule is CCC(CC)(c1ccc(OS(C)(=O)=O)cc1)c1ccc(O)c(C)c1. The van der Waals surface area contributed by atoms with Crippen LogP contribution >= 0.6 is 0 Å². The van der Waals surface area contributed by atoms with Crippen LogP contribution in [0.3, 0.4) is 0 Å². The van der Waals surface area contributed by atoms with Gasteiger partial charge in [-0.15, -0.1) is 0 Å². The van der Waals surface area contributed by atoms with E-state index in [2.05, 4.69) is 13.8 Å². The standard InChI is InChI=1S/C19H24O4S/c1-5-19(6-2,16-9-12-18(20)14(3)13-16)15-7-10-17(11-8-15)23-24(4,21)22/h7-13,20H,5-6H2,1-4H3. The van der Waals surface area contributed by atoms with Crippen molar-refractivity contribution in [2.45, 2.75) is 39.0 Å². The van der Waals surface area contributed by atoms with E-state index in [1.807, 2.05) is 31.2 Å². The molecule has 0 aliphatic rings. The number of phenols is 1. The molecule has 0 radical (unpaired) electrons. The molecule has 0 amide bonds. The minimum Gasteiger partial charge on any atom is -0.508 e. The second-order valence-corrected chi connectivity index (χ2v) is 7.68. The Morgan fingerprint density at radius 2 is 1.54 bits per heavy atom. The third kappa shape index (κ3) is 3.73. The highest BCUT2D eigenvalue weighted by molar-refractivity contribution is 7.86. The fourth-order valence-electron chi connectivity index (χ4n) is 3.19. The maximum atomic E-state index is 11.2. The van der Waals surface area contributed by atoms with Crippen molar-refractivity contribution in [2.75, 3.05) is 6.26 Å². The molecule has 0 saturated heterocycles. The lowest BCUT2D eigenvalue weighted by Gasteiger charge is -2.33. The van der Waals surface area contributed by atoms with Crippen molar-refractivity contribution in [3.05, 3.63) is 59.2 Å². The van der Waals surface area contributed by atoms with Crippen LogP contribution in [0, 0.1) is 6.92 Å². The maximum absolute atomic E-state index is 11.2. The van der Waals surface area contributed by atoms with Gasteiger partial charge in [0.15, 0.2) is 0 Å². The summed E-state index contributed by atoms with van der Waals surface area (Å²) in [6.07, 6.45) is 2.81. The highest BCUT2D eigenvalue weighted by Crippen LogP contribution is 2.40. The summed E-state index contributed by atoms with van der Waals surface area (Å²) in [5.74, 6) is 0.598. The minimum absolute atomic E-state index is 0.192. The summed E-state index contributed by atoms with van der Waals surface area (Å²) < 4.78 is 27.4. The first-order chi connectivity index (χ1) is 11.2. The van der Waals surface area contributed by atoms with Gasteiger partial charge < -0.3 is 9.29 Å². The van der Waals surface area contributed by atoms with E-state index in [4.69, 9.17) is 4.18 Å². The number of aromatic hydroxyl groups is 1. The predicted octanol–water partition coefficient (Wildman–Crippen LogP) is 4.15. The van der Waals surface area contributed by atoms with Gasteiger partial charge in [0.25, 0.3) is 0 Å². The normalized spacial score (nSPS) is 12.2. The highest BCUT2D eigenvalue weighted by Gasteiger charge is 2.31. The number of hydrogen-bond acceptors (Lipinski definition) is 4. The molecular weight excluding hydrogens is 324 g/mol. The van der Waals surface area contributed by atoms with E-state index in [0.29, 0.717) is 5.75 Å². The number of hydrogen-bond donors (Lipinski definition) is 1. The molecule has 0 aromatic heterocycles. The number of phenolic OH excluding ortho intramolecular Hbond substituents is 1. The lowest BCUT2D eigenvalue weighted by atomic mass is 9.70. The van der Waals surface area contributed by atoms with E-state index < -0.39 is 10.1 Å².